The van der Waals surface area contributed by atoms with Crippen molar-refractivity contribution in [2.75, 3.05) is 18.5 Å². The van der Waals surface area contributed by atoms with Crippen molar-refractivity contribution in [1.82, 2.24) is 0 Å². The molecule has 0 aliphatic carbocycles. The Bertz CT molecular complexity index is 827. The number of thioether (sulfide) groups is 1. The van der Waals surface area contributed by atoms with Crippen molar-refractivity contribution in [3.63, 3.8) is 0 Å². The van der Waals surface area contributed by atoms with Crippen LogP contribution in [0.5, 0.6) is 11.5 Å². The van der Waals surface area contributed by atoms with Crippen molar-refractivity contribution < 1.29 is 19.2 Å². The lowest BCUT2D eigenvalue weighted by atomic mass is 10.2. The number of nitrogens with zero attached hydrogens (tertiary/aromatic N) is 1. The number of fused-ring (bicyclic) bond motifs is 1. The zero-order valence-corrected chi connectivity index (χ0v) is 15.0. The van der Waals surface area contributed by atoms with Gasteiger partial charge in [-0.05, 0) is 31.2 Å². The van der Waals surface area contributed by atoms with E-state index >= 15 is 0 Å². The summed E-state index contributed by atoms with van der Waals surface area (Å²) in [5.41, 5.74) is 0.0576. The van der Waals surface area contributed by atoms with Crippen LogP contribution in [-0.2, 0) is 4.79 Å². The van der Waals surface area contributed by atoms with Crippen LogP contribution in [0, 0.1) is 10.1 Å². The number of nitrogens with one attached hydrogen (secondary N) is 1. The van der Waals surface area contributed by atoms with Crippen LogP contribution in [0.4, 0.5) is 11.4 Å². The molecule has 1 amide bonds. The molecule has 1 heterocycles. The Labute approximate surface area is 154 Å². The number of carbonyl (C=O) groups excluding carboxylic acids is 1. The predicted molar refractivity (Wildman–Crippen MR) is 99.1 cm³/mol. The second kappa shape index (κ2) is 8.09. The molecule has 1 N–H and O–H groups in total. The van der Waals surface area contributed by atoms with E-state index < -0.39 is 10.2 Å². The Morgan fingerprint density at radius 2 is 1.92 bits per heavy atom. The normalized spacial score (nSPS) is 14.2. The summed E-state index contributed by atoms with van der Waals surface area (Å²) in [4.78, 5) is 23.8. The van der Waals surface area contributed by atoms with Crippen LogP contribution in [0.1, 0.15) is 13.3 Å². The van der Waals surface area contributed by atoms with Gasteiger partial charge in [0.15, 0.2) is 11.5 Å². The standard InChI is InChI=1S/C18H18N2O5S/c1-12(18(21)19-14-5-2-3-6-15(14)20(22)23)26-13-7-8-16-17(11-13)25-10-4-9-24-16/h2-3,5-8,11-12H,4,9-10H2,1H3,(H,19,21)/t12-/m1/s1. The molecule has 0 fully saturated rings. The maximum atomic E-state index is 12.4. The summed E-state index contributed by atoms with van der Waals surface area (Å²) in [5, 5.41) is 13.2. The number of para-hydroxylation sites is 2. The van der Waals surface area contributed by atoms with Crippen LogP contribution in [0.3, 0.4) is 0 Å². The highest BCUT2D eigenvalue weighted by atomic mass is 32.2. The van der Waals surface area contributed by atoms with Gasteiger partial charge in [-0.3, -0.25) is 14.9 Å². The van der Waals surface area contributed by atoms with Gasteiger partial charge in [-0.1, -0.05) is 12.1 Å². The van der Waals surface area contributed by atoms with E-state index in [1.54, 1.807) is 19.1 Å². The molecule has 1 aliphatic heterocycles. The maximum absolute atomic E-state index is 12.4. The minimum atomic E-state index is -0.517. The fraction of sp³-hybridized carbons (Fsp3) is 0.278. The Balaban J connectivity index is 1.68. The first-order chi connectivity index (χ1) is 12.5. The molecule has 136 valence electrons. The number of nitro groups is 1. The average Bonchev–Trinajstić information content (AvgIpc) is 2.86. The molecule has 7 nitrogen and oxygen atoms in total. The number of hydrogen-bond donors (Lipinski definition) is 1. The van der Waals surface area contributed by atoms with Gasteiger partial charge < -0.3 is 14.8 Å². The number of amides is 1. The van der Waals surface area contributed by atoms with Crippen molar-refractivity contribution in [2.45, 2.75) is 23.5 Å². The van der Waals surface area contributed by atoms with Crippen LogP contribution in [0.15, 0.2) is 47.4 Å². The van der Waals surface area contributed by atoms with E-state index in [1.807, 2.05) is 18.2 Å². The number of rotatable bonds is 5. The van der Waals surface area contributed by atoms with Gasteiger partial charge >= 0.3 is 0 Å². The molecule has 8 heteroatoms. The van der Waals surface area contributed by atoms with Gasteiger partial charge in [0.25, 0.3) is 5.69 Å². The summed E-state index contributed by atoms with van der Waals surface area (Å²) in [7, 11) is 0. The molecule has 0 unspecified atom stereocenters. The molecule has 2 aromatic rings. The number of carbonyl (C=O) groups is 1. The predicted octanol–water partition coefficient (Wildman–Crippen LogP) is 3.88. The number of anilines is 1. The lowest BCUT2D eigenvalue weighted by molar-refractivity contribution is -0.383. The Morgan fingerprint density at radius 3 is 2.69 bits per heavy atom. The lowest BCUT2D eigenvalue weighted by Gasteiger charge is -2.14. The molecule has 0 spiro atoms. The van der Waals surface area contributed by atoms with E-state index in [1.165, 1.54) is 23.9 Å². The largest absolute Gasteiger partial charge is 0.490 e. The molecule has 2 aromatic carbocycles. The van der Waals surface area contributed by atoms with Crippen molar-refractivity contribution in [3.8, 4) is 11.5 Å². The second-order valence-electron chi connectivity index (χ2n) is 5.68. The van der Waals surface area contributed by atoms with E-state index in [0.29, 0.717) is 24.7 Å². The highest BCUT2D eigenvalue weighted by Gasteiger charge is 2.20. The zero-order valence-electron chi connectivity index (χ0n) is 14.1. The van der Waals surface area contributed by atoms with Gasteiger partial charge in [0.05, 0.1) is 23.4 Å². The van der Waals surface area contributed by atoms with Crippen molar-refractivity contribution in [3.05, 3.63) is 52.6 Å². The van der Waals surface area contributed by atoms with Crippen molar-refractivity contribution >= 4 is 29.0 Å². The maximum Gasteiger partial charge on any atom is 0.292 e. The Hall–Kier alpha value is -2.74. The van der Waals surface area contributed by atoms with E-state index in [0.717, 1.165) is 11.3 Å². The number of ether oxygens (including phenoxy) is 2. The van der Waals surface area contributed by atoms with Crippen LogP contribution >= 0.6 is 11.8 Å². The van der Waals surface area contributed by atoms with E-state index in [9.17, 15) is 14.9 Å². The fourth-order valence-electron chi connectivity index (χ4n) is 2.45. The highest BCUT2D eigenvalue weighted by Crippen LogP contribution is 2.35. The summed E-state index contributed by atoms with van der Waals surface area (Å²) in [6.45, 7) is 2.96. The summed E-state index contributed by atoms with van der Waals surface area (Å²) in [6, 6.07) is 11.6. The summed E-state index contributed by atoms with van der Waals surface area (Å²) in [6.07, 6.45) is 0.825. The molecule has 0 aromatic heterocycles. The molecule has 0 saturated heterocycles. The molecule has 1 aliphatic rings. The van der Waals surface area contributed by atoms with Gasteiger partial charge in [0.2, 0.25) is 5.91 Å². The molecule has 0 radical (unpaired) electrons. The molecule has 3 rings (SSSR count). The smallest absolute Gasteiger partial charge is 0.292 e. The van der Waals surface area contributed by atoms with E-state index in [4.69, 9.17) is 9.47 Å². The minimum absolute atomic E-state index is 0.131. The number of nitro benzene ring substituents is 1. The van der Waals surface area contributed by atoms with Crippen LogP contribution in [-0.4, -0.2) is 29.3 Å². The highest BCUT2D eigenvalue weighted by molar-refractivity contribution is 8.00. The van der Waals surface area contributed by atoms with Gasteiger partial charge in [0.1, 0.15) is 5.69 Å². The SMILES string of the molecule is C[C@@H](Sc1ccc2c(c1)OCCCO2)C(=O)Nc1ccccc1[N+](=O)[O-]. The first kappa shape index (κ1) is 18.1. The first-order valence-corrected chi connectivity index (χ1v) is 9.03. The van der Waals surface area contributed by atoms with Gasteiger partial charge in [-0.15, -0.1) is 11.8 Å². The Kier molecular flexibility index (Phi) is 5.62. The summed E-state index contributed by atoms with van der Waals surface area (Å²) >= 11 is 1.35. The molecule has 26 heavy (non-hydrogen) atoms. The van der Waals surface area contributed by atoms with Gasteiger partial charge in [0, 0.05) is 17.4 Å². The molecule has 0 bridgehead atoms. The minimum Gasteiger partial charge on any atom is -0.490 e. The quantitative estimate of drug-likeness (QED) is 0.485. The first-order valence-electron chi connectivity index (χ1n) is 8.15. The number of benzene rings is 2. The lowest BCUT2D eigenvalue weighted by Crippen LogP contribution is -2.22. The van der Waals surface area contributed by atoms with E-state index in [-0.39, 0.29) is 17.3 Å². The van der Waals surface area contributed by atoms with Crippen molar-refractivity contribution in [2.24, 2.45) is 0 Å². The topological polar surface area (TPSA) is 90.7 Å². The van der Waals surface area contributed by atoms with E-state index in [2.05, 4.69) is 5.32 Å². The molecule has 1 atom stereocenters. The molecular weight excluding hydrogens is 356 g/mol. The van der Waals surface area contributed by atoms with Gasteiger partial charge in [-0.2, -0.15) is 0 Å². The zero-order chi connectivity index (χ0) is 18.5. The summed E-state index contributed by atoms with van der Waals surface area (Å²) < 4.78 is 11.2. The monoisotopic (exact) mass is 374 g/mol. The Morgan fingerprint density at radius 1 is 1.19 bits per heavy atom. The van der Waals surface area contributed by atoms with Crippen molar-refractivity contribution in [1.29, 1.82) is 0 Å². The third-order valence-electron chi connectivity index (χ3n) is 3.76. The average molecular weight is 374 g/mol. The van der Waals surface area contributed by atoms with Gasteiger partial charge in [-0.25, -0.2) is 0 Å². The molecule has 0 saturated carbocycles. The van der Waals surface area contributed by atoms with Crippen LogP contribution in [0.2, 0.25) is 0 Å². The van der Waals surface area contributed by atoms with Crippen LogP contribution in [0.25, 0.3) is 0 Å². The second-order valence-corrected chi connectivity index (χ2v) is 7.10. The fourth-order valence-corrected chi connectivity index (χ4v) is 3.34. The number of hydrogen-bond acceptors (Lipinski definition) is 6. The van der Waals surface area contributed by atoms with Crippen LogP contribution < -0.4 is 14.8 Å². The summed E-state index contributed by atoms with van der Waals surface area (Å²) in [5.74, 6) is 1.05. The third-order valence-corrected chi connectivity index (χ3v) is 4.85. The molecular formula is C18H18N2O5S. The third kappa shape index (κ3) is 4.26.